The zero-order valence-corrected chi connectivity index (χ0v) is 27.0. The van der Waals surface area contributed by atoms with Crippen molar-refractivity contribution in [2.24, 2.45) is 0 Å². The zero-order valence-electron chi connectivity index (χ0n) is 22.7. The summed E-state index contributed by atoms with van der Waals surface area (Å²) >= 11 is 2.22. The Balaban J connectivity index is 0.000000460. The number of allylic oxidation sites excluding steroid dienone is 1. The van der Waals surface area contributed by atoms with Crippen molar-refractivity contribution in [3.05, 3.63) is 133 Å². The number of ether oxygens (including phenoxy) is 1. The number of hydrogen-bond donors (Lipinski definition) is 0. The summed E-state index contributed by atoms with van der Waals surface area (Å²) in [4.78, 5) is 10.4. The first-order valence-electron chi connectivity index (χ1n) is 12.8. The van der Waals surface area contributed by atoms with Gasteiger partial charge in [-0.3, -0.25) is 6.08 Å². The van der Waals surface area contributed by atoms with Crippen molar-refractivity contribution in [3.8, 4) is 0 Å². The summed E-state index contributed by atoms with van der Waals surface area (Å²) in [6, 6.07) is 44.6. The minimum absolute atomic E-state index is 0.312. The Hall–Kier alpha value is -2.10. The molecule has 206 valence electrons. The first-order valence-corrected chi connectivity index (χ1v) is 18.2. The van der Waals surface area contributed by atoms with E-state index in [0.29, 0.717) is 5.57 Å². The summed E-state index contributed by atoms with van der Waals surface area (Å²) in [7, 11) is 4.36. The predicted molar refractivity (Wildman–Crippen MR) is 171 cm³/mol. The smallest absolute Gasteiger partial charge is 0.0620 e. The van der Waals surface area contributed by atoms with Gasteiger partial charge in [0.05, 0.1) is 56.5 Å². The molecule has 4 aromatic rings. The third-order valence-corrected chi connectivity index (χ3v) is 12.0. The fourth-order valence-corrected chi connectivity index (χ4v) is 9.78. The van der Waals surface area contributed by atoms with Crippen LogP contribution in [0.1, 0.15) is 20.3 Å². The second-order valence-electron chi connectivity index (χ2n) is 8.64. The quantitative estimate of drug-likeness (QED) is 0.0651. The van der Waals surface area contributed by atoms with Crippen molar-refractivity contribution < 1.29 is 27.7 Å². The maximum absolute atomic E-state index is 10.4. The molecule has 0 saturated carbocycles. The second-order valence-corrected chi connectivity index (χ2v) is 13.9. The molecule has 0 aliphatic carbocycles. The van der Waals surface area contributed by atoms with E-state index in [1.165, 1.54) is 47.1 Å². The van der Waals surface area contributed by atoms with Gasteiger partial charge in [-0.15, -0.1) is 12.5 Å². The summed E-state index contributed by atoms with van der Waals surface area (Å²) in [5.41, 5.74) is 0.521. The fourth-order valence-electron chi connectivity index (χ4n) is 4.17. The van der Waals surface area contributed by atoms with Gasteiger partial charge < -0.3 is 9.53 Å². The molecule has 4 aromatic carbocycles. The van der Waals surface area contributed by atoms with Crippen LogP contribution in [0.15, 0.2) is 127 Å². The third kappa shape index (κ3) is 11.5. The molecule has 4 rings (SSSR count). The van der Waals surface area contributed by atoms with Crippen LogP contribution in [0.2, 0.25) is 0 Å². The van der Waals surface area contributed by atoms with Crippen LogP contribution in [0.3, 0.4) is 0 Å². The average molecular weight is 669 g/mol. The van der Waals surface area contributed by atoms with Crippen LogP contribution >= 0.6 is 25.4 Å². The molecular weight excluding hydrogens is 632 g/mol. The summed E-state index contributed by atoms with van der Waals surface area (Å²) in [5.74, 6) is -0.312. The van der Waals surface area contributed by atoms with Gasteiger partial charge in [0.2, 0.25) is 0 Å². The molecule has 0 radical (unpaired) electrons. The van der Waals surface area contributed by atoms with Gasteiger partial charge in [-0.05, 0) is 48.5 Å². The molecule has 0 atom stereocenters. The predicted octanol–water partition coefficient (Wildman–Crippen LogP) is 6.72. The number of benzene rings is 4. The van der Waals surface area contributed by atoms with E-state index >= 15 is 0 Å². The molecule has 0 spiro atoms. The van der Waals surface area contributed by atoms with Crippen LogP contribution in [0.4, 0.5) is 0 Å². The maximum atomic E-state index is 10.4. The van der Waals surface area contributed by atoms with Crippen molar-refractivity contribution in [2.75, 3.05) is 19.4 Å². The van der Waals surface area contributed by atoms with Gasteiger partial charge in [-0.25, -0.2) is 0 Å². The number of esters is 1. The van der Waals surface area contributed by atoms with Gasteiger partial charge in [0.15, 0.2) is 5.97 Å². The molecule has 39 heavy (non-hydrogen) atoms. The molecule has 2 nitrogen and oxygen atoms in total. The van der Waals surface area contributed by atoms with Crippen molar-refractivity contribution in [2.45, 2.75) is 20.3 Å². The van der Waals surface area contributed by atoms with Gasteiger partial charge in [-0.1, -0.05) is 79.7 Å². The molecule has 0 aliphatic heterocycles. The summed E-state index contributed by atoms with van der Waals surface area (Å²) in [5, 5.41) is 6.10. The molecule has 0 unspecified atom stereocenters. The van der Waals surface area contributed by atoms with Gasteiger partial charge in [0, 0.05) is 6.42 Å². The van der Waals surface area contributed by atoms with Crippen LogP contribution < -0.4 is 21.2 Å². The SMILES string of the molecule is C[C-]=C(C)C(=O)OC.[Cl][Pd+].c1ccc([PH+](CCC[PH+](c2ccccc2)c2ccccc2)c2ccccc2)cc1. The van der Waals surface area contributed by atoms with Crippen LogP contribution in [-0.2, 0) is 27.7 Å². The number of methoxy groups -OCH3 is 1. The maximum Gasteiger partial charge on any atom is 0.0966 e. The Morgan fingerprint density at radius 2 is 0.949 bits per heavy atom. The molecule has 0 fully saturated rings. The molecule has 0 amide bonds. The molecule has 0 aromatic heterocycles. The normalized spacial score (nSPS) is 10.7. The Labute approximate surface area is 251 Å². The molecule has 6 heteroatoms. The number of carbonyl (C=O) groups is 1. The van der Waals surface area contributed by atoms with Gasteiger partial charge in [0.1, 0.15) is 0 Å². The van der Waals surface area contributed by atoms with Gasteiger partial charge in [0.25, 0.3) is 0 Å². The minimum Gasteiger partial charge on any atom is -0.0620 e. The molecule has 0 aliphatic rings. The Bertz CT molecular complexity index is 1060. The topological polar surface area (TPSA) is 26.3 Å². The van der Waals surface area contributed by atoms with Crippen molar-refractivity contribution in [1.82, 2.24) is 0 Å². The van der Waals surface area contributed by atoms with E-state index in [4.69, 9.17) is 0 Å². The summed E-state index contributed by atoms with van der Waals surface area (Å²) in [6.07, 6.45) is 6.50. The van der Waals surface area contributed by atoms with Crippen LogP contribution in [-0.4, -0.2) is 25.4 Å². The summed E-state index contributed by atoms with van der Waals surface area (Å²) in [6.45, 7) is 3.33. The van der Waals surface area contributed by atoms with Crippen LogP contribution in [0, 0.1) is 6.08 Å². The Kier molecular flexibility index (Phi) is 16.9. The van der Waals surface area contributed by atoms with Gasteiger partial charge >= 0.3 is 27.7 Å². The second kappa shape index (κ2) is 19.9. The average Bonchev–Trinajstić information content (AvgIpc) is 3.03. The number of rotatable bonds is 9. The molecular formula is C33H37ClO2P2Pd+2. The van der Waals surface area contributed by atoms with E-state index in [1.54, 1.807) is 13.8 Å². The third-order valence-electron chi connectivity index (χ3n) is 6.21. The minimum atomic E-state index is -0.742. The zero-order chi connectivity index (χ0) is 28.3. The van der Waals surface area contributed by atoms with E-state index in [-0.39, 0.29) is 5.97 Å². The number of carbonyl (C=O) groups excluding carboxylic acids is 1. The van der Waals surface area contributed by atoms with Gasteiger partial charge in [-0.2, -0.15) is 0 Å². The number of hydrogen-bond acceptors (Lipinski definition) is 2. The molecule has 0 N–H and O–H groups in total. The van der Waals surface area contributed by atoms with Crippen molar-refractivity contribution in [3.63, 3.8) is 0 Å². The first kappa shape index (κ1) is 33.1. The van der Waals surface area contributed by atoms with E-state index in [0.717, 1.165) is 0 Å². The van der Waals surface area contributed by atoms with E-state index in [2.05, 4.69) is 160 Å². The molecule has 0 saturated heterocycles. The molecule has 0 bridgehead atoms. The summed E-state index contributed by atoms with van der Waals surface area (Å²) < 4.78 is 4.36. The molecule has 0 heterocycles. The Morgan fingerprint density at radius 1 is 0.667 bits per heavy atom. The fraction of sp³-hybridized carbons (Fsp3) is 0.182. The Morgan fingerprint density at radius 3 is 1.15 bits per heavy atom. The van der Waals surface area contributed by atoms with E-state index < -0.39 is 15.8 Å². The largest absolute Gasteiger partial charge is 0.0966 e. The van der Waals surface area contributed by atoms with Crippen molar-refractivity contribution >= 4 is 52.6 Å². The number of halogens is 1. The van der Waals surface area contributed by atoms with Crippen LogP contribution in [0.25, 0.3) is 0 Å². The van der Waals surface area contributed by atoms with E-state index in [1.807, 2.05) is 0 Å². The standard InChI is InChI=1S/C27H26P2.C6H9O2.ClH.Pd/c1-5-14-24(15-6-1)28(25-16-7-2-8-17-25)22-13-23-29(26-18-9-3-10-19-26)27-20-11-4-12-21-27;1-4-5(2)6(7)8-3;;/h1-12,14-21H,13,22-23H2;1-3H3;1H;/q;-1;;+2/p+1. The van der Waals surface area contributed by atoms with Crippen molar-refractivity contribution in [1.29, 1.82) is 0 Å². The first-order chi connectivity index (χ1) is 19.1. The van der Waals surface area contributed by atoms with E-state index in [9.17, 15) is 4.79 Å². The monoisotopic (exact) mass is 668 g/mol. The van der Waals surface area contributed by atoms with Crippen LogP contribution in [0.5, 0.6) is 0 Å².